The Morgan fingerprint density at radius 1 is 0.943 bits per heavy atom. The number of carbonyl (C=O) groups excluding carboxylic acids is 3. The molecule has 0 aliphatic carbocycles. The molecule has 0 bridgehead atoms. The van der Waals surface area contributed by atoms with Crippen LogP contribution < -0.4 is 15.2 Å². The Morgan fingerprint density at radius 3 is 1.91 bits per heavy atom. The predicted molar refractivity (Wildman–Crippen MR) is 130 cm³/mol. The molecule has 0 radical (unpaired) electrons. The summed E-state index contributed by atoms with van der Waals surface area (Å²) >= 11 is 0. The zero-order chi connectivity index (χ0) is 27.1. The van der Waals surface area contributed by atoms with Crippen molar-refractivity contribution in [2.24, 2.45) is 23.0 Å². The molecule has 0 aliphatic heterocycles. The van der Waals surface area contributed by atoms with Gasteiger partial charge in [-0.25, -0.2) is 0 Å². The van der Waals surface area contributed by atoms with Crippen molar-refractivity contribution in [1.29, 1.82) is 0 Å². The monoisotopic (exact) mass is 493 g/mol. The standard InChI is InChI=1S/C26H39NO8/c1-9-25(7,8)24(32)33-17(6)13-26(27,23(30)31)14-18-10-11-19(34-21(28)15(2)3)20(12-18)35-22(29)16(4)5/h10-12,15-17H,9,13-14,27H2,1-8H3,(H,30,31)/t17-,26?/m0/s1. The minimum Gasteiger partial charge on any atom is -0.480 e. The van der Waals surface area contributed by atoms with E-state index in [1.165, 1.54) is 12.1 Å². The number of esters is 3. The van der Waals surface area contributed by atoms with Gasteiger partial charge in [-0.05, 0) is 44.9 Å². The van der Waals surface area contributed by atoms with Gasteiger partial charge in [-0.1, -0.05) is 40.7 Å². The van der Waals surface area contributed by atoms with Crippen molar-refractivity contribution in [3.63, 3.8) is 0 Å². The van der Waals surface area contributed by atoms with E-state index >= 15 is 0 Å². The fraction of sp³-hybridized carbons (Fsp3) is 0.615. The summed E-state index contributed by atoms with van der Waals surface area (Å²) in [6.45, 7) is 13.6. The van der Waals surface area contributed by atoms with Gasteiger partial charge in [-0.3, -0.25) is 19.2 Å². The van der Waals surface area contributed by atoms with E-state index in [0.29, 0.717) is 12.0 Å². The Hall–Kier alpha value is -2.94. The third kappa shape index (κ3) is 8.65. The largest absolute Gasteiger partial charge is 0.480 e. The van der Waals surface area contributed by atoms with Crippen LogP contribution in [0.2, 0.25) is 0 Å². The first-order chi connectivity index (χ1) is 16.0. The van der Waals surface area contributed by atoms with E-state index in [2.05, 4.69) is 0 Å². The summed E-state index contributed by atoms with van der Waals surface area (Å²) in [4.78, 5) is 48.8. The second-order valence-corrected chi connectivity index (χ2v) is 10.2. The van der Waals surface area contributed by atoms with Crippen LogP contribution in [0.4, 0.5) is 0 Å². The van der Waals surface area contributed by atoms with E-state index in [-0.39, 0.29) is 24.3 Å². The molecule has 0 fully saturated rings. The Kier molecular flexibility index (Phi) is 10.4. The molecular weight excluding hydrogens is 454 g/mol. The SMILES string of the molecule is CCC(C)(C)C(=O)O[C@@H](C)CC(N)(Cc1ccc(OC(=O)C(C)C)c(OC(=O)C(C)C)c1)C(=O)O. The average Bonchev–Trinajstić information content (AvgIpc) is 2.74. The number of benzene rings is 1. The van der Waals surface area contributed by atoms with Gasteiger partial charge >= 0.3 is 23.9 Å². The van der Waals surface area contributed by atoms with Crippen LogP contribution in [-0.4, -0.2) is 40.6 Å². The molecule has 0 aliphatic rings. The summed E-state index contributed by atoms with van der Waals surface area (Å²) in [7, 11) is 0. The lowest BCUT2D eigenvalue weighted by atomic mass is 9.86. The lowest BCUT2D eigenvalue weighted by Gasteiger charge is -2.30. The molecule has 0 spiro atoms. The van der Waals surface area contributed by atoms with Gasteiger partial charge in [0, 0.05) is 12.8 Å². The zero-order valence-corrected chi connectivity index (χ0v) is 22.0. The third-order valence-electron chi connectivity index (χ3n) is 5.71. The highest BCUT2D eigenvalue weighted by Crippen LogP contribution is 2.32. The van der Waals surface area contributed by atoms with Crippen molar-refractivity contribution in [1.82, 2.24) is 0 Å². The van der Waals surface area contributed by atoms with Crippen molar-refractivity contribution in [3.8, 4) is 11.5 Å². The minimum absolute atomic E-state index is 0.00731. The van der Waals surface area contributed by atoms with Gasteiger partial charge in [0.05, 0.1) is 17.3 Å². The minimum atomic E-state index is -1.77. The molecule has 0 saturated heterocycles. The number of nitrogens with two attached hydrogens (primary N) is 1. The van der Waals surface area contributed by atoms with Gasteiger partial charge in [0.15, 0.2) is 11.5 Å². The van der Waals surface area contributed by atoms with E-state index in [9.17, 15) is 24.3 Å². The molecule has 9 heteroatoms. The summed E-state index contributed by atoms with van der Waals surface area (Å²) in [6.07, 6.45) is -0.471. The number of carboxylic acid groups (broad SMARTS) is 1. The first kappa shape index (κ1) is 30.1. The van der Waals surface area contributed by atoms with Crippen LogP contribution in [0.1, 0.15) is 73.8 Å². The van der Waals surface area contributed by atoms with E-state index in [4.69, 9.17) is 19.9 Å². The molecule has 0 heterocycles. The Balaban J connectivity index is 3.22. The molecule has 1 unspecified atom stereocenters. The quantitative estimate of drug-likeness (QED) is 0.327. The molecule has 1 aromatic rings. The Morgan fingerprint density at radius 2 is 1.46 bits per heavy atom. The van der Waals surface area contributed by atoms with Crippen LogP contribution in [-0.2, 0) is 30.3 Å². The maximum Gasteiger partial charge on any atom is 0.324 e. The molecule has 0 aromatic heterocycles. The second kappa shape index (κ2) is 12.2. The average molecular weight is 494 g/mol. The van der Waals surface area contributed by atoms with Crippen LogP contribution in [0, 0.1) is 17.3 Å². The lowest BCUT2D eigenvalue weighted by molar-refractivity contribution is -0.162. The smallest absolute Gasteiger partial charge is 0.324 e. The molecule has 1 aromatic carbocycles. The predicted octanol–water partition coefficient (Wildman–Crippen LogP) is 3.89. The first-order valence-corrected chi connectivity index (χ1v) is 11.8. The number of ether oxygens (including phenoxy) is 3. The third-order valence-corrected chi connectivity index (χ3v) is 5.71. The number of carboxylic acids is 1. The topological polar surface area (TPSA) is 142 Å². The summed E-state index contributed by atoms with van der Waals surface area (Å²) in [5.41, 5.74) is 4.23. The van der Waals surface area contributed by atoms with Crippen molar-refractivity contribution < 1.29 is 38.5 Å². The van der Waals surface area contributed by atoms with E-state index in [1.54, 1.807) is 54.5 Å². The van der Waals surface area contributed by atoms with Crippen LogP contribution in [0.15, 0.2) is 18.2 Å². The van der Waals surface area contributed by atoms with Gasteiger partial charge in [0.1, 0.15) is 11.6 Å². The molecule has 0 amide bonds. The van der Waals surface area contributed by atoms with Crippen molar-refractivity contribution >= 4 is 23.9 Å². The molecular formula is C26H39NO8. The molecule has 196 valence electrons. The van der Waals surface area contributed by atoms with Crippen LogP contribution >= 0.6 is 0 Å². The number of rotatable bonds is 12. The molecule has 3 N–H and O–H groups in total. The molecule has 2 atom stereocenters. The van der Waals surface area contributed by atoms with Crippen LogP contribution in [0.25, 0.3) is 0 Å². The number of hydrogen-bond donors (Lipinski definition) is 2. The normalized spacial score (nSPS) is 14.3. The highest BCUT2D eigenvalue weighted by Gasteiger charge is 2.38. The highest BCUT2D eigenvalue weighted by atomic mass is 16.6. The lowest BCUT2D eigenvalue weighted by Crippen LogP contribution is -2.52. The molecule has 0 saturated carbocycles. The van der Waals surface area contributed by atoms with Crippen LogP contribution in [0.3, 0.4) is 0 Å². The van der Waals surface area contributed by atoms with Gasteiger partial charge < -0.3 is 25.1 Å². The number of hydrogen-bond acceptors (Lipinski definition) is 8. The van der Waals surface area contributed by atoms with Crippen LogP contribution in [0.5, 0.6) is 11.5 Å². The van der Waals surface area contributed by atoms with Crippen molar-refractivity contribution in [2.75, 3.05) is 0 Å². The zero-order valence-electron chi connectivity index (χ0n) is 22.0. The maximum absolute atomic E-state index is 12.4. The fourth-order valence-corrected chi connectivity index (χ4v) is 2.92. The second-order valence-electron chi connectivity index (χ2n) is 10.2. The fourth-order valence-electron chi connectivity index (χ4n) is 2.92. The Bertz CT molecular complexity index is 937. The summed E-state index contributed by atoms with van der Waals surface area (Å²) in [6, 6.07) is 4.43. The van der Waals surface area contributed by atoms with Gasteiger partial charge in [0.25, 0.3) is 0 Å². The summed E-state index contributed by atoms with van der Waals surface area (Å²) in [5, 5.41) is 9.88. The molecule has 1 rings (SSSR count). The van der Waals surface area contributed by atoms with E-state index in [0.717, 1.165) is 0 Å². The summed E-state index contributed by atoms with van der Waals surface area (Å²) < 4.78 is 16.2. The van der Waals surface area contributed by atoms with Crippen molar-refractivity contribution in [3.05, 3.63) is 23.8 Å². The number of aliphatic carboxylic acids is 1. The maximum atomic E-state index is 12.4. The van der Waals surface area contributed by atoms with E-state index in [1.807, 2.05) is 6.92 Å². The van der Waals surface area contributed by atoms with Gasteiger partial charge in [-0.15, -0.1) is 0 Å². The molecule has 35 heavy (non-hydrogen) atoms. The van der Waals surface area contributed by atoms with Crippen molar-refractivity contribution in [2.45, 2.75) is 86.3 Å². The van der Waals surface area contributed by atoms with E-state index < -0.39 is 52.8 Å². The van der Waals surface area contributed by atoms with Gasteiger partial charge in [0.2, 0.25) is 0 Å². The highest BCUT2D eigenvalue weighted by molar-refractivity contribution is 5.80. The summed E-state index contributed by atoms with van der Waals surface area (Å²) in [5.74, 6) is -3.57. The van der Waals surface area contributed by atoms with Gasteiger partial charge in [-0.2, -0.15) is 0 Å². The number of carbonyl (C=O) groups is 4. The molecule has 9 nitrogen and oxygen atoms in total. The first-order valence-electron chi connectivity index (χ1n) is 11.8. The Labute approximate surface area is 207 Å².